The van der Waals surface area contributed by atoms with Gasteiger partial charge in [0.15, 0.2) is 4.34 Å². The molecule has 25 heavy (non-hydrogen) atoms. The smallest absolute Gasteiger partial charge is 0.257 e. The molecule has 0 N–H and O–H groups in total. The van der Waals surface area contributed by atoms with Crippen molar-refractivity contribution in [2.45, 2.75) is 23.4 Å². The van der Waals surface area contributed by atoms with Crippen LogP contribution in [0.2, 0.25) is 0 Å². The Balaban J connectivity index is 1.48. The maximum absolute atomic E-state index is 5.81. The molecule has 0 fully saturated rings. The van der Waals surface area contributed by atoms with Crippen molar-refractivity contribution in [3.05, 3.63) is 58.6 Å². The van der Waals surface area contributed by atoms with Gasteiger partial charge < -0.3 is 4.42 Å². The Kier molecular flexibility index (Phi) is 4.70. The first-order chi connectivity index (χ1) is 12.2. The second-order valence-electron chi connectivity index (χ2n) is 5.55. The van der Waals surface area contributed by atoms with E-state index < -0.39 is 0 Å². The predicted molar refractivity (Wildman–Crippen MR) is 104 cm³/mol. The molecule has 7 heteroatoms. The van der Waals surface area contributed by atoms with E-state index in [0.717, 1.165) is 20.5 Å². The van der Waals surface area contributed by atoms with E-state index in [1.165, 1.54) is 5.56 Å². The van der Waals surface area contributed by atoms with Gasteiger partial charge in [-0.1, -0.05) is 47.7 Å². The molecule has 0 saturated heterocycles. The van der Waals surface area contributed by atoms with Crippen LogP contribution in [0.4, 0.5) is 0 Å². The molecule has 4 aromatic rings. The Bertz CT molecular complexity index is 958. The summed E-state index contributed by atoms with van der Waals surface area (Å²) < 4.78 is 6.81. The minimum absolute atomic E-state index is 0.0539. The van der Waals surface area contributed by atoms with Crippen LogP contribution in [0, 0.1) is 6.92 Å². The Morgan fingerprint density at radius 3 is 2.68 bits per heavy atom. The van der Waals surface area contributed by atoms with Gasteiger partial charge in [0.1, 0.15) is 0 Å². The number of thiazole rings is 1. The van der Waals surface area contributed by atoms with Crippen molar-refractivity contribution in [1.29, 1.82) is 0 Å². The summed E-state index contributed by atoms with van der Waals surface area (Å²) in [6, 6.07) is 12.4. The van der Waals surface area contributed by atoms with Crippen molar-refractivity contribution < 1.29 is 4.42 Å². The molecule has 126 valence electrons. The third-order valence-corrected chi connectivity index (χ3v) is 6.55. The number of hydrogen-bond donors (Lipinski definition) is 0. The summed E-state index contributed by atoms with van der Waals surface area (Å²) in [6.45, 7) is 4.14. The normalized spacial score (nSPS) is 12.4. The Morgan fingerprint density at radius 2 is 1.92 bits per heavy atom. The van der Waals surface area contributed by atoms with Gasteiger partial charge in [0.05, 0.1) is 15.8 Å². The lowest BCUT2D eigenvalue weighted by Crippen LogP contribution is -1.88. The van der Waals surface area contributed by atoms with Crippen LogP contribution in [0.5, 0.6) is 0 Å². The molecule has 0 bridgehead atoms. The van der Waals surface area contributed by atoms with Gasteiger partial charge in [-0.25, -0.2) is 4.98 Å². The number of aryl methyl sites for hydroxylation is 1. The zero-order valence-corrected chi connectivity index (χ0v) is 16.1. The van der Waals surface area contributed by atoms with E-state index >= 15 is 0 Å². The average molecular weight is 386 g/mol. The van der Waals surface area contributed by atoms with Crippen molar-refractivity contribution in [3.8, 4) is 22.0 Å². The maximum atomic E-state index is 5.81. The number of rotatable bonds is 5. The van der Waals surface area contributed by atoms with E-state index in [1.807, 2.05) is 17.5 Å². The highest BCUT2D eigenvalue weighted by atomic mass is 32.2. The van der Waals surface area contributed by atoms with E-state index in [4.69, 9.17) is 9.40 Å². The summed E-state index contributed by atoms with van der Waals surface area (Å²) >= 11 is 4.87. The van der Waals surface area contributed by atoms with Crippen LogP contribution in [0.3, 0.4) is 0 Å². The minimum Gasteiger partial charge on any atom is -0.419 e. The first-order valence-electron chi connectivity index (χ1n) is 7.75. The molecule has 0 saturated carbocycles. The first-order valence-corrected chi connectivity index (χ1v) is 10.4. The lowest BCUT2D eigenvalue weighted by atomic mass is 10.1. The number of thiophene rings is 1. The van der Waals surface area contributed by atoms with Crippen molar-refractivity contribution in [3.63, 3.8) is 0 Å². The number of benzene rings is 1. The molecule has 0 aliphatic carbocycles. The van der Waals surface area contributed by atoms with Crippen molar-refractivity contribution >= 4 is 34.4 Å². The van der Waals surface area contributed by atoms with Crippen LogP contribution in [0.1, 0.15) is 23.6 Å². The van der Waals surface area contributed by atoms with Gasteiger partial charge in [-0.3, -0.25) is 0 Å². The quantitative estimate of drug-likeness (QED) is 0.389. The molecule has 1 atom stereocenters. The van der Waals surface area contributed by atoms with Crippen LogP contribution in [-0.2, 0) is 0 Å². The van der Waals surface area contributed by atoms with Gasteiger partial charge in [-0.15, -0.1) is 32.9 Å². The number of nitrogens with zero attached hydrogens (tertiary/aromatic N) is 3. The molecule has 4 nitrogen and oxygen atoms in total. The van der Waals surface area contributed by atoms with E-state index in [9.17, 15) is 0 Å². The molecular formula is C18H15N3OS3. The monoisotopic (exact) mass is 385 g/mol. The molecule has 3 heterocycles. The van der Waals surface area contributed by atoms with Gasteiger partial charge in [-0.05, 0) is 25.3 Å². The van der Waals surface area contributed by atoms with Gasteiger partial charge in [0, 0.05) is 10.9 Å². The van der Waals surface area contributed by atoms with E-state index in [-0.39, 0.29) is 5.25 Å². The molecule has 0 aliphatic rings. The molecule has 1 aromatic carbocycles. The number of aromatic nitrogens is 3. The predicted octanol–water partition coefficient (Wildman–Crippen LogP) is 6.08. The number of thioether (sulfide) groups is 1. The highest BCUT2D eigenvalue weighted by molar-refractivity contribution is 8.01. The molecular weight excluding hydrogens is 370 g/mol. The summed E-state index contributed by atoms with van der Waals surface area (Å²) in [6.07, 6.45) is 0. The zero-order chi connectivity index (χ0) is 17.2. The molecule has 1 unspecified atom stereocenters. The van der Waals surface area contributed by atoms with Gasteiger partial charge in [0.25, 0.3) is 5.89 Å². The lowest BCUT2D eigenvalue weighted by molar-refractivity contribution is 0.510. The fourth-order valence-electron chi connectivity index (χ4n) is 2.27. The standard InChI is InChI=1S/C18H15N3OS3/c1-11-5-7-13(8-6-11)14-10-24-18(19-14)25-12(2)16-20-21-17(22-16)15-4-3-9-23-15/h3-10,12H,1-2H3. The van der Waals surface area contributed by atoms with Crippen molar-refractivity contribution in [1.82, 2.24) is 15.2 Å². The summed E-state index contributed by atoms with van der Waals surface area (Å²) in [5.41, 5.74) is 3.39. The van der Waals surface area contributed by atoms with E-state index in [2.05, 4.69) is 53.7 Å². The SMILES string of the molecule is Cc1ccc(-c2csc(SC(C)c3nnc(-c4cccs4)o3)n2)cc1. The Labute approximate surface area is 158 Å². The second-order valence-corrected chi connectivity index (χ2v) is 8.94. The molecule has 0 radical (unpaired) electrons. The molecule has 0 aliphatic heterocycles. The largest absolute Gasteiger partial charge is 0.419 e. The van der Waals surface area contributed by atoms with Crippen LogP contribution < -0.4 is 0 Å². The summed E-state index contributed by atoms with van der Waals surface area (Å²) in [4.78, 5) is 5.72. The third-order valence-electron chi connectivity index (χ3n) is 3.63. The van der Waals surface area contributed by atoms with E-state index in [0.29, 0.717) is 11.8 Å². The summed E-state index contributed by atoms with van der Waals surface area (Å²) in [7, 11) is 0. The van der Waals surface area contributed by atoms with Crippen molar-refractivity contribution in [2.24, 2.45) is 0 Å². The molecule has 0 spiro atoms. The second kappa shape index (κ2) is 7.11. The molecule has 4 rings (SSSR count). The summed E-state index contributed by atoms with van der Waals surface area (Å²) in [5.74, 6) is 1.21. The Morgan fingerprint density at radius 1 is 1.08 bits per heavy atom. The van der Waals surface area contributed by atoms with E-state index in [1.54, 1.807) is 34.4 Å². The van der Waals surface area contributed by atoms with Crippen LogP contribution >= 0.6 is 34.4 Å². The maximum Gasteiger partial charge on any atom is 0.257 e. The third kappa shape index (κ3) is 3.68. The molecule has 3 aromatic heterocycles. The topological polar surface area (TPSA) is 51.8 Å². The van der Waals surface area contributed by atoms with Gasteiger partial charge in [0.2, 0.25) is 5.89 Å². The first kappa shape index (κ1) is 16.5. The highest BCUT2D eigenvalue weighted by Gasteiger charge is 2.18. The fourth-order valence-corrected chi connectivity index (χ4v) is 4.91. The lowest BCUT2D eigenvalue weighted by Gasteiger charge is -2.03. The summed E-state index contributed by atoms with van der Waals surface area (Å²) in [5, 5.41) is 12.5. The number of hydrogen-bond acceptors (Lipinski definition) is 7. The van der Waals surface area contributed by atoms with Crippen LogP contribution in [0.25, 0.3) is 22.0 Å². The average Bonchev–Trinajstić information content (AvgIpc) is 3.36. The van der Waals surface area contributed by atoms with Crippen molar-refractivity contribution in [2.75, 3.05) is 0 Å². The zero-order valence-electron chi connectivity index (χ0n) is 13.7. The van der Waals surface area contributed by atoms with Gasteiger partial charge in [-0.2, -0.15) is 0 Å². The fraction of sp³-hybridized carbons (Fsp3) is 0.167. The highest BCUT2D eigenvalue weighted by Crippen LogP contribution is 2.38. The van der Waals surface area contributed by atoms with Crippen LogP contribution in [-0.4, -0.2) is 15.2 Å². The molecule has 0 amide bonds. The van der Waals surface area contributed by atoms with Crippen LogP contribution in [0.15, 0.2) is 55.9 Å². The Hall–Kier alpha value is -1.96. The minimum atomic E-state index is 0.0539. The van der Waals surface area contributed by atoms with Gasteiger partial charge >= 0.3 is 0 Å².